The van der Waals surface area contributed by atoms with Gasteiger partial charge in [-0.2, -0.15) is 0 Å². The van der Waals surface area contributed by atoms with Crippen molar-refractivity contribution in [1.82, 2.24) is 0 Å². The highest BCUT2D eigenvalue weighted by Crippen LogP contribution is 2.36. The molecular weight excluding hydrogens is 324 g/mol. The van der Waals surface area contributed by atoms with Gasteiger partial charge in [0.25, 0.3) is 0 Å². The second-order valence-electron chi connectivity index (χ2n) is 5.87. The summed E-state index contributed by atoms with van der Waals surface area (Å²) in [5.74, 6) is 0. The zero-order valence-electron chi connectivity index (χ0n) is 12.3. The summed E-state index contributed by atoms with van der Waals surface area (Å²) in [6, 6.07) is 19.5. The molecule has 0 saturated carbocycles. The predicted octanol–water partition coefficient (Wildman–Crippen LogP) is 5.28. The zero-order chi connectivity index (χ0) is 14.7. The second kappa shape index (κ2) is 6.76. The van der Waals surface area contributed by atoms with Crippen molar-refractivity contribution in [2.45, 2.75) is 43.2 Å². The van der Waals surface area contributed by atoms with Gasteiger partial charge in [0, 0.05) is 0 Å². The van der Waals surface area contributed by atoms with E-state index < -0.39 is 0 Å². The Morgan fingerprint density at radius 1 is 1.00 bits per heavy atom. The number of ether oxygens (including phenoxy) is 1. The summed E-state index contributed by atoms with van der Waals surface area (Å²) in [5, 5.41) is 0. The normalized spacial score (nSPS) is 23.1. The molecule has 2 aromatic carbocycles. The van der Waals surface area contributed by atoms with Gasteiger partial charge in [-0.3, -0.25) is 0 Å². The lowest BCUT2D eigenvalue weighted by atomic mass is 10.0. The molecule has 0 aliphatic carbocycles. The van der Waals surface area contributed by atoms with Crippen molar-refractivity contribution in [1.29, 1.82) is 0 Å². The maximum Gasteiger partial charge on any atom is 0.0745 e. The van der Waals surface area contributed by atoms with Crippen molar-refractivity contribution >= 4 is 15.9 Å². The molecular formula is C19H21BrO. The molecule has 0 bridgehead atoms. The van der Waals surface area contributed by atoms with E-state index in [1.165, 1.54) is 23.1 Å². The third-order valence-electron chi connectivity index (χ3n) is 4.14. The molecule has 3 unspecified atom stereocenters. The summed E-state index contributed by atoms with van der Waals surface area (Å²) in [4.78, 5) is 0.299. The summed E-state index contributed by atoms with van der Waals surface area (Å²) >= 11 is 3.81. The van der Waals surface area contributed by atoms with E-state index in [0.717, 1.165) is 12.8 Å². The monoisotopic (exact) mass is 344 g/mol. The summed E-state index contributed by atoms with van der Waals surface area (Å²) in [5.41, 5.74) is 4.02. The number of halogens is 1. The highest BCUT2D eigenvalue weighted by atomic mass is 79.9. The van der Waals surface area contributed by atoms with Crippen LogP contribution >= 0.6 is 15.9 Å². The van der Waals surface area contributed by atoms with Gasteiger partial charge in [0.05, 0.1) is 17.0 Å². The summed E-state index contributed by atoms with van der Waals surface area (Å²) in [6.07, 6.45) is 4.00. The van der Waals surface area contributed by atoms with Gasteiger partial charge in [0.1, 0.15) is 0 Å². The van der Waals surface area contributed by atoms with Crippen molar-refractivity contribution in [2.24, 2.45) is 0 Å². The Kier molecular flexibility index (Phi) is 4.77. The molecule has 0 spiro atoms. The van der Waals surface area contributed by atoms with Crippen LogP contribution in [0, 0.1) is 0 Å². The van der Waals surface area contributed by atoms with Crippen LogP contribution in [0.1, 0.15) is 41.3 Å². The molecule has 1 heterocycles. The largest absolute Gasteiger partial charge is 0.374 e. The number of hydrogen-bond donors (Lipinski definition) is 0. The van der Waals surface area contributed by atoms with E-state index in [4.69, 9.17) is 4.74 Å². The summed E-state index contributed by atoms with van der Waals surface area (Å²) < 4.78 is 5.96. The van der Waals surface area contributed by atoms with E-state index in [-0.39, 0.29) is 0 Å². The Morgan fingerprint density at radius 2 is 1.67 bits per heavy atom. The van der Waals surface area contributed by atoms with Crippen LogP contribution in [-0.4, -0.2) is 12.2 Å². The Morgan fingerprint density at radius 3 is 2.29 bits per heavy atom. The molecule has 3 atom stereocenters. The minimum atomic E-state index is 0.299. The standard InChI is InChI=1S/C19H21BrO/c1-14-7-12-18(21-14)19(20)17-10-8-16(9-11-17)13-15-5-3-2-4-6-15/h2-6,8-11,14,18-19H,7,12-13H2,1H3. The lowest BCUT2D eigenvalue weighted by molar-refractivity contribution is 0.0557. The summed E-state index contributed by atoms with van der Waals surface area (Å²) in [6.45, 7) is 2.16. The molecule has 0 aromatic heterocycles. The number of benzene rings is 2. The highest BCUT2D eigenvalue weighted by Gasteiger charge is 2.28. The SMILES string of the molecule is CC1CCC(C(Br)c2ccc(Cc3ccccc3)cc2)O1. The van der Waals surface area contributed by atoms with Gasteiger partial charge in [-0.05, 0) is 42.9 Å². The van der Waals surface area contributed by atoms with E-state index in [1.807, 2.05) is 0 Å². The number of rotatable bonds is 4. The van der Waals surface area contributed by atoms with Crippen LogP contribution in [0.15, 0.2) is 54.6 Å². The van der Waals surface area contributed by atoms with Crippen LogP contribution in [-0.2, 0) is 11.2 Å². The molecule has 0 N–H and O–H groups in total. The van der Waals surface area contributed by atoms with Crippen LogP contribution in [0.2, 0.25) is 0 Å². The topological polar surface area (TPSA) is 9.23 Å². The average molecular weight is 345 g/mol. The van der Waals surface area contributed by atoms with Crippen LogP contribution in [0.4, 0.5) is 0 Å². The molecule has 1 aliphatic rings. The van der Waals surface area contributed by atoms with Gasteiger partial charge in [0.15, 0.2) is 0 Å². The maximum absolute atomic E-state index is 5.96. The fourth-order valence-corrected chi connectivity index (χ4v) is 3.61. The van der Waals surface area contributed by atoms with E-state index in [9.17, 15) is 0 Å². The number of alkyl halides is 1. The smallest absolute Gasteiger partial charge is 0.0745 e. The molecule has 2 aromatic rings. The van der Waals surface area contributed by atoms with Crippen LogP contribution < -0.4 is 0 Å². The Balaban J connectivity index is 1.66. The van der Waals surface area contributed by atoms with Gasteiger partial charge in [-0.15, -0.1) is 0 Å². The molecule has 3 rings (SSSR count). The maximum atomic E-state index is 5.96. The predicted molar refractivity (Wildman–Crippen MR) is 90.9 cm³/mol. The van der Waals surface area contributed by atoms with Gasteiger partial charge in [-0.1, -0.05) is 70.5 Å². The Hall–Kier alpha value is -1.12. The molecule has 1 fully saturated rings. The van der Waals surface area contributed by atoms with Crippen molar-refractivity contribution < 1.29 is 4.74 Å². The van der Waals surface area contributed by atoms with Crippen LogP contribution in [0.25, 0.3) is 0 Å². The molecule has 2 heteroatoms. The first-order chi connectivity index (χ1) is 10.2. The van der Waals surface area contributed by atoms with E-state index in [0.29, 0.717) is 17.0 Å². The fraction of sp³-hybridized carbons (Fsp3) is 0.368. The van der Waals surface area contributed by atoms with Crippen LogP contribution in [0.3, 0.4) is 0 Å². The Labute approximate surface area is 135 Å². The fourth-order valence-electron chi connectivity index (χ4n) is 2.91. The van der Waals surface area contributed by atoms with Crippen molar-refractivity contribution in [3.05, 3.63) is 71.3 Å². The zero-order valence-corrected chi connectivity index (χ0v) is 13.9. The van der Waals surface area contributed by atoms with Crippen molar-refractivity contribution in [2.75, 3.05) is 0 Å². The van der Waals surface area contributed by atoms with Crippen LogP contribution in [0.5, 0.6) is 0 Å². The first-order valence-corrected chi connectivity index (χ1v) is 8.56. The first kappa shape index (κ1) is 14.8. The molecule has 110 valence electrons. The molecule has 0 amide bonds. The molecule has 1 saturated heterocycles. The highest BCUT2D eigenvalue weighted by molar-refractivity contribution is 9.09. The summed E-state index contributed by atoms with van der Waals surface area (Å²) in [7, 11) is 0. The lowest BCUT2D eigenvalue weighted by Crippen LogP contribution is -2.14. The first-order valence-electron chi connectivity index (χ1n) is 7.64. The van der Waals surface area contributed by atoms with Gasteiger partial charge in [-0.25, -0.2) is 0 Å². The van der Waals surface area contributed by atoms with E-state index in [2.05, 4.69) is 77.5 Å². The molecule has 1 aliphatic heterocycles. The van der Waals surface area contributed by atoms with Crippen molar-refractivity contribution in [3.8, 4) is 0 Å². The minimum Gasteiger partial charge on any atom is -0.374 e. The van der Waals surface area contributed by atoms with Gasteiger partial charge < -0.3 is 4.74 Å². The molecule has 21 heavy (non-hydrogen) atoms. The minimum absolute atomic E-state index is 0.299. The molecule has 1 nitrogen and oxygen atoms in total. The third kappa shape index (κ3) is 3.75. The average Bonchev–Trinajstić information content (AvgIpc) is 2.95. The number of hydrogen-bond acceptors (Lipinski definition) is 1. The second-order valence-corrected chi connectivity index (χ2v) is 6.85. The van der Waals surface area contributed by atoms with E-state index in [1.54, 1.807) is 0 Å². The van der Waals surface area contributed by atoms with Gasteiger partial charge in [0.2, 0.25) is 0 Å². The van der Waals surface area contributed by atoms with Crippen molar-refractivity contribution in [3.63, 3.8) is 0 Å². The third-order valence-corrected chi connectivity index (χ3v) is 5.26. The lowest BCUT2D eigenvalue weighted by Gasteiger charge is -2.18. The Bertz CT molecular complexity index is 564. The van der Waals surface area contributed by atoms with E-state index >= 15 is 0 Å². The molecule has 0 radical (unpaired) electrons. The van der Waals surface area contributed by atoms with Gasteiger partial charge >= 0.3 is 0 Å². The quantitative estimate of drug-likeness (QED) is 0.685.